The SMILES string of the molecule is Nc1ccc(F)cc1S(=O)CC1CCCCC1. The van der Waals surface area contributed by atoms with Crippen molar-refractivity contribution in [2.24, 2.45) is 5.92 Å². The molecule has 94 valence electrons. The molecule has 0 heterocycles. The summed E-state index contributed by atoms with van der Waals surface area (Å²) >= 11 is 0. The molecule has 17 heavy (non-hydrogen) atoms. The maximum Gasteiger partial charge on any atom is 0.124 e. The average Bonchev–Trinajstić information content (AvgIpc) is 2.33. The standard InChI is InChI=1S/C13H18FNOS/c14-11-6-7-12(15)13(8-11)17(16)9-10-4-2-1-3-5-10/h6-8,10H,1-5,9,15H2. The molecule has 1 aromatic carbocycles. The highest BCUT2D eigenvalue weighted by Gasteiger charge is 2.18. The first-order valence-electron chi connectivity index (χ1n) is 6.10. The monoisotopic (exact) mass is 255 g/mol. The van der Waals surface area contributed by atoms with E-state index in [1.807, 2.05) is 0 Å². The summed E-state index contributed by atoms with van der Waals surface area (Å²) in [6.07, 6.45) is 6.01. The Bertz CT molecular complexity index is 416. The fourth-order valence-electron chi connectivity index (χ4n) is 2.36. The summed E-state index contributed by atoms with van der Waals surface area (Å²) in [4.78, 5) is 0.454. The molecule has 1 aromatic rings. The number of benzene rings is 1. The van der Waals surface area contributed by atoms with Crippen molar-refractivity contribution in [3.8, 4) is 0 Å². The highest BCUT2D eigenvalue weighted by molar-refractivity contribution is 7.85. The molecule has 2 N–H and O–H groups in total. The van der Waals surface area contributed by atoms with E-state index in [2.05, 4.69) is 0 Å². The Kier molecular flexibility index (Phi) is 4.15. The van der Waals surface area contributed by atoms with E-state index < -0.39 is 10.8 Å². The van der Waals surface area contributed by atoms with Crippen molar-refractivity contribution in [2.75, 3.05) is 11.5 Å². The number of hydrogen-bond acceptors (Lipinski definition) is 2. The second-order valence-corrected chi connectivity index (χ2v) is 6.16. The Morgan fingerprint density at radius 3 is 2.71 bits per heavy atom. The Balaban J connectivity index is 2.05. The molecule has 2 rings (SSSR count). The van der Waals surface area contributed by atoms with Gasteiger partial charge in [0.25, 0.3) is 0 Å². The second kappa shape index (κ2) is 5.63. The van der Waals surface area contributed by atoms with Crippen LogP contribution in [0.2, 0.25) is 0 Å². The zero-order valence-corrected chi connectivity index (χ0v) is 10.6. The van der Waals surface area contributed by atoms with Crippen LogP contribution < -0.4 is 5.73 Å². The van der Waals surface area contributed by atoms with E-state index in [4.69, 9.17) is 5.73 Å². The summed E-state index contributed by atoms with van der Waals surface area (Å²) in [6.45, 7) is 0. The first kappa shape index (κ1) is 12.6. The largest absolute Gasteiger partial charge is 0.398 e. The minimum absolute atomic E-state index is 0.369. The molecule has 0 aliphatic heterocycles. The van der Waals surface area contributed by atoms with Gasteiger partial charge in [-0.2, -0.15) is 0 Å². The van der Waals surface area contributed by atoms with Crippen molar-refractivity contribution in [2.45, 2.75) is 37.0 Å². The van der Waals surface area contributed by atoms with Crippen LogP contribution in [0.15, 0.2) is 23.1 Å². The third-order valence-corrected chi connectivity index (χ3v) is 4.95. The molecule has 0 spiro atoms. The Morgan fingerprint density at radius 1 is 1.29 bits per heavy atom. The van der Waals surface area contributed by atoms with Crippen molar-refractivity contribution in [3.63, 3.8) is 0 Å². The smallest absolute Gasteiger partial charge is 0.124 e. The van der Waals surface area contributed by atoms with Gasteiger partial charge < -0.3 is 5.73 Å². The first-order valence-corrected chi connectivity index (χ1v) is 7.42. The predicted molar refractivity (Wildman–Crippen MR) is 68.7 cm³/mol. The van der Waals surface area contributed by atoms with E-state index in [-0.39, 0.29) is 5.82 Å². The normalized spacial score (nSPS) is 19.1. The lowest BCUT2D eigenvalue weighted by molar-refractivity contribution is 0.388. The molecule has 1 saturated carbocycles. The van der Waals surface area contributed by atoms with Crippen molar-refractivity contribution < 1.29 is 8.60 Å². The lowest BCUT2D eigenvalue weighted by Crippen LogP contribution is -2.15. The lowest BCUT2D eigenvalue weighted by Gasteiger charge is -2.21. The molecular weight excluding hydrogens is 237 g/mol. The molecule has 1 aliphatic carbocycles. The van der Waals surface area contributed by atoms with Gasteiger partial charge in [-0.15, -0.1) is 0 Å². The van der Waals surface area contributed by atoms with Gasteiger partial charge in [-0.05, 0) is 37.0 Å². The van der Waals surface area contributed by atoms with E-state index in [1.54, 1.807) is 0 Å². The van der Waals surface area contributed by atoms with Crippen molar-refractivity contribution >= 4 is 16.5 Å². The maximum atomic E-state index is 13.1. The number of anilines is 1. The fourth-order valence-corrected chi connectivity index (χ4v) is 3.88. The molecule has 0 bridgehead atoms. The van der Waals surface area contributed by atoms with Crippen LogP contribution in [0, 0.1) is 11.7 Å². The third kappa shape index (κ3) is 3.28. The summed E-state index contributed by atoms with van der Waals surface area (Å²) in [5.74, 6) is 0.756. The molecule has 1 atom stereocenters. The predicted octanol–water partition coefficient (Wildman–Crippen LogP) is 3.10. The van der Waals surface area contributed by atoms with Crippen LogP contribution in [-0.2, 0) is 10.8 Å². The van der Waals surface area contributed by atoms with E-state index in [0.717, 1.165) is 12.8 Å². The Labute approximate surface area is 104 Å². The third-order valence-electron chi connectivity index (χ3n) is 3.33. The van der Waals surface area contributed by atoms with Crippen LogP contribution in [-0.4, -0.2) is 9.96 Å². The van der Waals surface area contributed by atoms with Crippen molar-refractivity contribution in [1.82, 2.24) is 0 Å². The van der Waals surface area contributed by atoms with Crippen molar-refractivity contribution in [3.05, 3.63) is 24.0 Å². The lowest BCUT2D eigenvalue weighted by atomic mass is 9.91. The van der Waals surface area contributed by atoms with Gasteiger partial charge in [0.1, 0.15) is 5.82 Å². The van der Waals surface area contributed by atoms with Gasteiger partial charge in [0, 0.05) is 11.4 Å². The minimum Gasteiger partial charge on any atom is -0.398 e. The molecule has 1 unspecified atom stereocenters. The number of halogens is 1. The van der Waals surface area contributed by atoms with Gasteiger partial charge in [0.15, 0.2) is 0 Å². The quantitative estimate of drug-likeness (QED) is 0.843. The zero-order chi connectivity index (χ0) is 12.3. The van der Waals surface area contributed by atoms with Gasteiger partial charge in [-0.3, -0.25) is 4.21 Å². The van der Waals surface area contributed by atoms with Gasteiger partial charge in [0.2, 0.25) is 0 Å². The highest BCUT2D eigenvalue weighted by Crippen LogP contribution is 2.27. The fraction of sp³-hybridized carbons (Fsp3) is 0.538. The first-order chi connectivity index (χ1) is 8.16. The molecule has 1 fully saturated rings. The van der Waals surface area contributed by atoms with Crippen LogP contribution in [0.3, 0.4) is 0 Å². The Morgan fingerprint density at radius 2 is 2.00 bits per heavy atom. The van der Waals surface area contributed by atoms with Gasteiger partial charge in [-0.1, -0.05) is 19.3 Å². The van der Waals surface area contributed by atoms with E-state index in [9.17, 15) is 8.60 Å². The van der Waals surface area contributed by atoms with Crippen LogP contribution in [0.5, 0.6) is 0 Å². The minimum atomic E-state index is -1.17. The molecule has 0 aromatic heterocycles. The Hall–Kier alpha value is -0.900. The zero-order valence-electron chi connectivity index (χ0n) is 9.82. The van der Waals surface area contributed by atoms with Crippen LogP contribution in [0.25, 0.3) is 0 Å². The van der Waals surface area contributed by atoms with E-state index in [1.165, 1.54) is 37.5 Å². The molecule has 2 nitrogen and oxygen atoms in total. The molecule has 0 saturated heterocycles. The maximum absolute atomic E-state index is 13.1. The van der Waals surface area contributed by atoms with E-state index >= 15 is 0 Å². The summed E-state index contributed by atoms with van der Waals surface area (Å²) in [5.41, 5.74) is 6.17. The summed E-state index contributed by atoms with van der Waals surface area (Å²) in [7, 11) is -1.17. The summed E-state index contributed by atoms with van der Waals surface area (Å²) in [5, 5.41) is 0. The van der Waals surface area contributed by atoms with Crippen LogP contribution >= 0.6 is 0 Å². The van der Waals surface area contributed by atoms with Crippen LogP contribution in [0.4, 0.5) is 10.1 Å². The molecule has 0 radical (unpaired) electrons. The number of rotatable bonds is 3. The molecule has 4 heteroatoms. The molecule has 1 aliphatic rings. The van der Waals surface area contributed by atoms with Crippen molar-refractivity contribution in [1.29, 1.82) is 0 Å². The molecular formula is C13H18FNOS. The topological polar surface area (TPSA) is 43.1 Å². The highest BCUT2D eigenvalue weighted by atomic mass is 32.2. The van der Waals surface area contributed by atoms with Crippen LogP contribution in [0.1, 0.15) is 32.1 Å². The number of nitrogen functional groups attached to an aromatic ring is 1. The summed E-state index contributed by atoms with van der Waals surface area (Å²) < 4.78 is 25.2. The van der Waals surface area contributed by atoms with E-state index in [0.29, 0.717) is 22.3 Å². The number of hydrogen-bond donors (Lipinski definition) is 1. The second-order valence-electron chi connectivity index (χ2n) is 4.70. The van der Waals surface area contributed by atoms with Gasteiger partial charge in [0.05, 0.1) is 15.7 Å². The average molecular weight is 255 g/mol. The number of nitrogens with two attached hydrogens (primary N) is 1. The molecule has 0 amide bonds. The van der Waals surface area contributed by atoms with Gasteiger partial charge in [-0.25, -0.2) is 4.39 Å². The van der Waals surface area contributed by atoms with Gasteiger partial charge >= 0.3 is 0 Å². The summed E-state index contributed by atoms with van der Waals surface area (Å²) in [6, 6.07) is 4.09.